The lowest BCUT2D eigenvalue weighted by Crippen LogP contribution is -2.55. The lowest BCUT2D eigenvalue weighted by atomic mass is 10.0. The molecule has 0 unspecified atom stereocenters. The first-order valence-corrected chi connectivity index (χ1v) is 11.6. The van der Waals surface area contributed by atoms with E-state index >= 15 is 0 Å². The molecular formula is C26H34N4O. The number of nitrogens with one attached hydrogen (secondary N) is 1. The molecule has 5 heteroatoms. The van der Waals surface area contributed by atoms with E-state index in [1.807, 2.05) is 6.07 Å². The predicted molar refractivity (Wildman–Crippen MR) is 128 cm³/mol. The molecule has 1 N–H and O–H groups in total. The molecule has 2 aromatic carbocycles. The maximum absolute atomic E-state index is 5.58. The highest BCUT2D eigenvalue weighted by molar-refractivity contribution is 5.84. The number of para-hydroxylation sites is 3. The normalized spacial score (nSPS) is 21.0. The maximum atomic E-state index is 5.58. The molecule has 2 saturated heterocycles. The van der Waals surface area contributed by atoms with Crippen LogP contribution in [0, 0.1) is 6.92 Å². The number of aromatic amines is 1. The summed E-state index contributed by atoms with van der Waals surface area (Å²) in [6.07, 6.45) is 2.60. The third-order valence-corrected chi connectivity index (χ3v) is 7.19. The van der Waals surface area contributed by atoms with Crippen molar-refractivity contribution in [2.45, 2.75) is 32.4 Å². The molecule has 5 rings (SSSR count). The number of piperidine rings is 1. The van der Waals surface area contributed by atoms with Gasteiger partial charge in [-0.25, -0.2) is 0 Å². The molecule has 31 heavy (non-hydrogen) atoms. The van der Waals surface area contributed by atoms with Gasteiger partial charge in [0.15, 0.2) is 0 Å². The Morgan fingerprint density at radius 1 is 0.968 bits per heavy atom. The van der Waals surface area contributed by atoms with E-state index in [4.69, 9.17) is 4.74 Å². The highest BCUT2D eigenvalue weighted by Gasteiger charge is 2.29. The summed E-state index contributed by atoms with van der Waals surface area (Å²) in [7, 11) is 1.76. The Hall–Kier alpha value is -2.50. The van der Waals surface area contributed by atoms with Crippen molar-refractivity contribution in [2.24, 2.45) is 0 Å². The molecule has 0 amide bonds. The zero-order chi connectivity index (χ0) is 21.2. The summed E-state index contributed by atoms with van der Waals surface area (Å²) in [5.41, 5.74) is 5.27. The Morgan fingerprint density at radius 3 is 2.55 bits per heavy atom. The van der Waals surface area contributed by atoms with Gasteiger partial charge in [-0.2, -0.15) is 0 Å². The van der Waals surface area contributed by atoms with Gasteiger partial charge >= 0.3 is 0 Å². The SMILES string of the molecule is COc1ccccc1N1CCN([C@H]2CCCN(Cc3[nH]c4ccccc4c3C)C2)CC1. The molecule has 3 heterocycles. The average Bonchev–Trinajstić information content (AvgIpc) is 3.14. The lowest BCUT2D eigenvalue weighted by molar-refractivity contribution is 0.0880. The van der Waals surface area contributed by atoms with E-state index in [0.29, 0.717) is 6.04 Å². The van der Waals surface area contributed by atoms with Crippen molar-refractivity contribution in [3.8, 4) is 5.75 Å². The Balaban J connectivity index is 1.20. The lowest BCUT2D eigenvalue weighted by Gasteiger charge is -2.44. The summed E-state index contributed by atoms with van der Waals surface area (Å²) >= 11 is 0. The van der Waals surface area contributed by atoms with Crippen LogP contribution in [0.3, 0.4) is 0 Å². The number of methoxy groups -OCH3 is 1. The highest BCUT2D eigenvalue weighted by atomic mass is 16.5. The van der Waals surface area contributed by atoms with E-state index in [9.17, 15) is 0 Å². The Labute approximate surface area is 185 Å². The number of hydrogen-bond acceptors (Lipinski definition) is 4. The number of ether oxygens (including phenoxy) is 1. The standard InChI is InChI=1S/C26H34N4O/c1-20-22-9-3-4-10-23(22)27-24(20)19-28-13-7-8-21(18-28)29-14-16-30(17-15-29)25-11-5-6-12-26(25)31-2/h3-6,9-12,21,27H,7-8,13-19H2,1-2H3/t21-/m0/s1. The molecule has 2 aliphatic heterocycles. The van der Waals surface area contributed by atoms with Crippen molar-refractivity contribution in [2.75, 3.05) is 51.3 Å². The first-order valence-electron chi connectivity index (χ1n) is 11.6. The van der Waals surface area contributed by atoms with E-state index < -0.39 is 0 Å². The number of H-pyrrole nitrogens is 1. The van der Waals surface area contributed by atoms with Crippen molar-refractivity contribution < 1.29 is 4.74 Å². The number of fused-ring (bicyclic) bond motifs is 1. The van der Waals surface area contributed by atoms with Crippen LogP contribution in [0.4, 0.5) is 5.69 Å². The fraction of sp³-hybridized carbons (Fsp3) is 0.462. The summed E-state index contributed by atoms with van der Waals surface area (Å²) in [4.78, 5) is 11.5. The second kappa shape index (κ2) is 8.93. The van der Waals surface area contributed by atoms with Crippen LogP contribution in [0.15, 0.2) is 48.5 Å². The molecular weight excluding hydrogens is 384 g/mol. The van der Waals surface area contributed by atoms with Crippen molar-refractivity contribution in [3.05, 3.63) is 59.8 Å². The van der Waals surface area contributed by atoms with Crippen molar-refractivity contribution in [3.63, 3.8) is 0 Å². The van der Waals surface area contributed by atoms with Crippen LogP contribution in [0.1, 0.15) is 24.1 Å². The minimum absolute atomic E-state index is 0.665. The van der Waals surface area contributed by atoms with Crippen LogP contribution in [0.2, 0.25) is 0 Å². The van der Waals surface area contributed by atoms with Gasteiger partial charge in [0.25, 0.3) is 0 Å². The van der Waals surface area contributed by atoms with E-state index in [-0.39, 0.29) is 0 Å². The maximum Gasteiger partial charge on any atom is 0.142 e. The number of aryl methyl sites for hydroxylation is 1. The zero-order valence-corrected chi connectivity index (χ0v) is 18.8. The Morgan fingerprint density at radius 2 is 1.74 bits per heavy atom. The smallest absolute Gasteiger partial charge is 0.142 e. The van der Waals surface area contributed by atoms with Gasteiger partial charge < -0.3 is 14.6 Å². The number of benzene rings is 2. The topological polar surface area (TPSA) is 34.7 Å². The number of aromatic nitrogens is 1. The quantitative estimate of drug-likeness (QED) is 0.671. The first-order chi connectivity index (χ1) is 15.2. The van der Waals surface area contributed by atoms with Crippen LogP contribution in [-0.4, -0.2) is 67.2 Å². The number of hydrogen-bond donors (Lipinski definition) is 1. The third-order valence-electron chi connectivity index (χ3n) is 7.19. The first kappa shape index (κ1) is 20.4. The minimum atomic E-state index is 0.665. The molecule has 3 aromatic rings. The van der Waals surface area contributed by atoms with E-state index in [1.54, 1.807) is 7.11 Å². The highest BCUT2D eigenvalue weighted by Crippen LogP contribution is 2.29. The number of rotatable bonds is 5. The van der Waals surface area contributed by atoms with Gasteiger partial charge in [-0.05, 0) is 50.1 Å². The fourth-order valence-electron chi connectivity index (χ4n) is 5.41. The van der Waals surface area contributed by atoms with Crippen LogP contribution >= 0.6 is 0 Å². The van der Waals surface area contributed by atoms with Crippen molar-refractivity contribution >= 4 is 16.6 Å². The number of piperazine rings is 1. The Bertz CT molecular complexity index is 1020. The average molecular weight is 419 g/mol. The zero-order valence-electron chi connectivity index (χ0n) is 18.8. The monoisotopic (exact) mass is 418 g/mol. The van der Waals surface area contributed by atoms with Gasteiger partial charge in [0.2, 0.25) is 0 Å². The summed E-state index contributed by atoms with van der Waals surface area (Å²) in [5.74, 6) is 0.980. The molecule has 5 nitrogen and oxygen atoms in total. The van der Waals surface area contributed by atoms with Crippen LogP contribution in [0.25, 0.3) is 10.9 Å². The summed E-state index contributed by atoms with van der Waals surface area (Å²) < 4.78 is 5.58. The predicted octanol–water partition coefficient (Wildman–Crippen LogP) is 4.27. The van der Waals surface area contributed by atoms with Crippen LogP contribution < -0.4 is 9.64 Å². The minimum Gasteiger partial charge on any atom is -0.495 e. The number of nitrogens with zero attached hydrogens (tertiary/aromatic N) is 3. The molecule has 2 aliphatic rings. The molecule has 164 valence electrons. The van der Waals surface area contributed by atoms with Crippen molar-refractivity contribution in [1.29, 1.82) is 0 Å². The van der Waals surface area contributed by atoms with Crippen LogP contribution in [-0.2, 0) is 6.54 Å². The largest absolute Gasteiger partial charge is 0.495 e. The number of anilines is 1. The molecule has 0 radical (unpaired) electrons. The molecule has 0 bridgehead atoms. The summed E-state index contributed by atoms with van der Waals surface area (Å²) in [6.45, 7) is 10.0. The molecule has 2 fully saturated rings. The number of likely N-dealkylation sites (tertiary alicyclic amines) is 1. The van der Waals surface area contributed by atoms with Gasteiger partial charge in [0, 0.05) is 61.9 Å². The molecule has 1 aromatic heterocycles. The molecule has 0 saturated carbocycles. The molecule has 1 atom stereocenters. The van der Waals surface area contributed by atoms with Gasteiger partial charge in [-0.1, -0.05) is 30.3 Å². The van der Waals surface area contributed by atoms with Gasteiger partial charge in [0.05, 0.1) is 12.8 Å². The summed E-state index contributed by atoms with van der Waals surface area (Å²) in [6, 6.07) is 17.7. The van der Waals surface area contributed by atoms with Gasteiger partial charge in [-0.3, -0.25) is 9.80 Å². The van der Waals surface area contributed by atoms with E-state index in [2.05, 4.69) is 69.1 Å². The Kier molecular flexibility index (Phi) is 5.88. The van der Waals surface area contributed by atoms with E-state index in [0.717, 1.165) is 38.5 Å². The van der Waals surface area contributed by atoms with Crippen molar-refractivity contribution in [1.82, 2.24) is 14.8 Å². The second-order valence-electron chi connectivity index (χ2n) is 9.00. The van der Waals surface area contributed by atoms with E-state index in [1.165, 1.54) is 53.8 Å². The molecule has 0 spiro atoms. The fourth-order valence-corrected chi connectivity index (χ4v) is 5.41. The second-order valence-corrected chi connectivity index (χ2v) is 9.00. The third kappa shape index (κ3) is 4.17. The summed E-state index contributed by atoms with van der Waals surface area (Å²) in [5, 5.41) is 1.36. The van der Waals surface area contributed by atoms with Gasteiger partial charge in [-0.15, -0.1) is 0 Å². The molecule has 0 aliphatic carbocycles. The van der Waals surface area contributed by atoms with Crippen LogP contribution in [0.5, 0.6) is 5.75 Å². The van der Waals surface area contributed by atoms with Gasteiger partial charge in [0.1, 0.15) is 5.75 Å².